The van der Waals surface area contributed by atoms with Gasteiger partial charge in [0.05, 0.1) is 0 Å². The van der Waals surface area contributed by atoms with Crippen molar-refractivity contribution in [2.75, 3.05) is 26.2 Å². The molecule has 70 valence electrons. The minimum Gasteiger partial charge on any atom is -0.314 e. The highest BCUT2D eigenvalue weighted by molar-refractivity contribution is 4.97. The molecule has 0 unspecified atom stereocenters. The van der Waals surface area contributed by atoms with Gasteiger partial charge in [-0.15, -0.1) is 0 Å². The van der Waals surface area contributed by atoms with Crippen LogP contribution in [0.2, 0.25) is 0 Å². The van der Waals surface area contributed by atoms with Crippen molar-refractivity contribution < 1.29 is 0 Å². The van der Waals surface area contributed by atoms with Gasteiger partial charge >= 0.3 is 0 Å². The van der Waals surface area contributed by atoms with Crippen LogP contribution in [0.15, 0.2) is 11.6 Å². The summed E-state index contributed by atoms with van der Waals surface area (Å²) in [6.07, 6.45) is 2.31. The van der Waals surface area contributed by atoms with Gasteiger partial charge in [-0.3, -0.25) is 4.90 Å². The summed E-state index contributed by atoms with van der Waals surface area (Å²) in [6.45, 7) is 11.2. The molecular formula is C10H20N2. The Morgan fingerprint density at radius 1 is 1.50 bits per heavy atom. The third kappa shape index (κ3) is 2.61. The summed E-state index contributed by atoms with van der Waals surface area (Å²) in [5.41, 5.74) is 1.42. The van der Waals surface area contributed by atoms with E-state index in [4.69, 9.17) is 0 Å². The fraction of sp³-hybridized carbons (Fsp3) is 0.800. The topological polar surface area (TPSA) is 15.3 Å². The average molecular weight is 168 g/mol. The van der Waals surface area contributed by atoms with Crippen molar-refractivity contribution in [3.8, 4) is 0 Å². The van der Waals surface area contributed by atoms with Crippen molar-refractivity contribution in [1.82, 2.24) is 10.2 Å². The summed E-state index contributed by atoms with van der Waals surface area (Å²) in [7, 11) is 0. The number of allylic oxidation sites excluding steroid dienone is 1. The maximum absolute atomic E-state index is 3.30. The van der Waals surface area contributed by atoms with E-state index in [1.807, 2.05) is 0 Å². The van der Waals surface area contributed by atoms with Crippen LogP contribution in [0.1, 0.15) is 20.8 Å². The van der Waals surface area contributed by atoms with Gasteiger partial charge in [-0.1, -0.05) is 18.6 Å². The van der Waals surface area contributed by atoms with Gasteiger partial charge in [0, 0.05) is 25.7 Å². The molecule has 1 rings (SSSR count). The van der Waals surface area contributed by atoms with Crippen LogP contribution in [0.4, 0.5) is 0 Å². The predicted molar refractivity (Wildman–Crippen MR) is 53.3 cm³/mol. The first kappa shape index (κ1) is 9.75. The molecule has 12 heavy (non-hydrogen) atoms. The molecule has 1 N–H and O–H groups in total. The molecule has 0 saturated carbocycles. The van der Waals surface area contributed by atoms with Crippen LogP contribution in [-0.4, -0.2) is 37.1 Å². The second kappa shape index (κ2) is 4.63. The van der Waals surface area contributed by atoms with E-state index in [1.165, 1.54) is 18.7 Å². The molecule has 1 fully saturated rings. The van der Waals surface area contributed by atoms with Crippen LogP contribution in [0.25, 0.3) is 0 Å². The molecule has 1 aliphatic heterocycles. The molecule has 0 atom stereocenters. The van der Waals surface area contributed by atoms with Gasteiger partial charge in [0.2, 0.25) is 0 Å². The van der Waals surface area contributed by atoms with Crippen LogP contribution >= 0.6 is 0 Å². The van der Waals surface area contributed by atoms with Crippen LogP contribution in [0, 0.1) is 0 Å². The molecule has 0 bridgehead atoms. The van der Waals surface area contributed by atoms with E-state index in [1.54, 1.807) is 0 Å². The molecule has 0 aromatic rings. The van der Waals surface area contributed by atoms with Gasteiger partial charge in [-0.05, 0) is 20.4 Å². The monoisotopic (exact) mass is 168 g/mol. The number of nitrogens with one attached hydrogen (secondary N) is 1. The lowest BCUT2D eigenvalue weighted by Crippen LogP contribution is -2.57. The molecule has 1 heterocycles. The fourth-order valence-electron chi connectivity index (χ4n) is 1.37. The second-order valence-electron chi connectivity index (χ2n) is 3.68. The van der Waals surface area contributed by atoms with Gasteiger partial charge < -0.3 is 5.32 Å². The third-order valence-electron chi connectivity index (χ3n) is 2.42. The molecule has 0 aromatic heterocycles. The van der Waals surface area contributed by atoms with E-state index in [9.17, 15) is 0 Å². The van der Waals surface area contributed by atoms with Crippen LogP contribution < -0.4 is 5.32 Å². The molecule has 1 aliphatic rings. The normalized spacial score (nSPS) is 17.7. The summed E-state index contributed by atoms with van der Waals surface area (Å²) in [4.78, 5) is 2.52. The number of hydrogen-bond donors (Lipinski definition) is 1. The Morgan fingerprint density at radius 3 is 2.50 bits per heavy atom. The van der Waals surface area contributed by atoms with Gasteiger partial charge in [0.15, 0.2) is 0 Å². The molecule has 2 heteroatoms. The Morgan fingerprint density at radius 2 is 2.17 bits per heavy atom. The molecule has 2 nitrogen and oxygen atoms in total. The van der Waals surface area contributed by atoms with Crippen molar-refractivity contribution in [3.63, 3.8) is 0 Å². The summed E-state index contributed by atoms with van der Waals surface area (Å²) in [5, 5.41) is 3.30. The van der Waals surface area contributed by atoms with Crippen molar-refractivity contribution in [1.29, 1.82) is 0 Å². The molecule has 0 amide bonds. The zero-order chi connectivity index (χ0) is 8.97. The zero-order valence-corrected chi connectivity index (χ0v) is 8.43. The average Bonchev–Trinajstić information content (AvgIpc) is 1.93. The van der Waals surface area contributed by atoms with E-state index < -0.39 is 0 Å². The Hall–Kier alpha value is -0.340. The molecule has 1 saturated heterocycles. The first-order valence-electron chi connectivity index (χ1n) is 4.82. The SMILES string of the molecule is CCN(CC=C(C)C)C1CNC1. The van der Waals surface area contributed by atoms with Crippen LogP contribution in [-0.2, 0) is 0 Å². The largest absolute Gasteiger partial charge is 0.314 e. The smallest absolute Gasteiger partial charge is 0.0348 e. The van der Waals surface area contributed by atoms with Crippen molar-refractivity contribution in [2.24, 2.45) is 0 Å². The minimum atomic E-state index is 0.783. The number of rotatable bonds is 4. The molecule has 0 aromatic carbocycles. The first-order chi connectivity index (χ1) is 5.74. The lowest BCUT2D eigenvalue weighted by Gasteiger charge is -2.37. The van der Waals surface area contributed by atoms with Crippen molar-refractivity contribution in [2.45, 2.75) is 26.8 Å². The van der Waals surface area contributed by atoms with Crippen LogP contribution in [0.5, 0.6) is 0 Å². The van der Waals surface area contributed by atoms with E-state index in [0.717, 1.165) is 19.1 Å². The molecule has 0 radical (unpaired) electrons. The standard InChI is InChI=1S/C10H20N2/c1-4-12(6-5-9(2)3)10-7-11-8-10/h5,10-11H,4,6-8H2,1-3H3. The van der Waals surface area contributed by atoms with E-state index in [-0.39, 0.29) is 0 Å². The van der Waals surface area contributed by atoms with E-state index in [0.29, 0.717) is 0 Å². The first-order valence-corrected chi connectivity index (χ1v) is 4.82. The Balaban J connectivity index is 2.29. The zero-order valence-electron chi connectivity index (χ0n) is 8.43. The summed E-state index contributed by atoms with van der Waals surface area (Å²) in [6, 6.07) is 0.783. The van der Waals surface area contributed by atoms with Gasteiger partial charge in [-0.25, -0.2) is 0 Å². The number of likely N-dealkylation sites (N-methyl/N-ethyl adjacent to an activating group) is 1. The lowest BCUT2D eigenvalue weighted by atomic mass is 10.1. The van der Waals surface area contributed by atoms with Crippen LogP contribution in [0.3, 0.4) is 0 Å². The second-order valence-corrected chi connectivity index (χ2v) is 3.68. The Bertz CT molecular complexity index is 155. The highest BCUT2D eigenvalue weighted by Gasteiger charge is 2.21. The molecular weight excluding hydrogens is 148 g/mol. The van der Waals surface area contributed by atoms with Crippen molar-refractivity contribution >= 4 is 0 Å². The minimum absolute atomic E-state index is 0.783. The summed E-state index contributed by atoms with van der Waals surface area (Å²) >= 11 is 0. The summed E-state index contributed by atoms with van der Waals surface area (Å²) in [5.74, 6) is 0. The predicted octanol–water partition coefficient (Wildman–Crippen LogP) is 1.25. The highest BCUT2D eigenvalue weighted by atomic mass is 15.2. The fourth-order valence-corrected chi connectivity index (χ4v) is 1.37. The maximum atomic E-state index is 3.30. The summed E-state index contributed by atoms with van der Waals surface area (Å²) < 4.78 is 0. The molecule has 0 aliphatic carbocycles. The number of hydrogen-bond acceptors (Lipinski definition) is 2. The van der Waals surface area contributed by atoms with E-state index >= 15 is 0 Å². The van der Waals surface area contributed by atoms with Crippen molar-refractivity contribution in [3.05, 3.63) is 11.6 Å². The lowest BCUT2D eigenvalue weighted by molar-refractivity contribution is 0.169. The molecule has 0 spiro atoms. The quantitative estimate of drug-likeness (QED) is 0.635. The van der Waals surface area contributed by atoms with E-state index in [2.05, 4.69) is 37.1 Å². The Labute approximate surface area is 75.6 Å². The Kier molecular flexibility index (Phi) is 3.76. The van der Waals surface area contributed by atoms with Gasteiger partial charge in [0.25, 0.3) is 0 Å². The number of nitrogens with zero attached hydrogens (tertiary/aromatic N) is 1. The third-order valence-corrected chi connectivity index (χ3v) is 2.42. The van der Waals surface area contributed by atoms with Gasteiger partial charge in [-0.2, -0.15) is 0 Å². The maximum Gasteiger partial charge on any atom is 0.0348 e. The highest BCUT2D eigenvalue weighted by Crippen LogP contribution is 2.04. The van der Waals surface area contributed by atoms with Gasteiger partial charge in [0.1, 0.15) is 0 Å².